The highest BCUT2D eigenvalue weighted by molar-refractivity contribution is 5.35. The first-order valence-electron chi connectivity index (χ1n) is 6.55. The Balaban J connectivity index is 2.03. The molecular weight excluding hydrogens is 212 g/mol. The summed E-state index contributed by atoms with van der Waals surface area (Å²) < 4.78 is 5.84. The maximum absolute atomic E-state index is 10.3. The smallest absolute Gasteiger partial charge is 0.122 e. The third-order valence-corrected chi connectivity index (χ3v) is 3.57. The zero-order valence-corrected chi connectivity index (χ0v) is 10.8. The Kier molecular flexibility index (Phi) is 3.72. The zero-order valence-electron chi connectivity index (χ0n) is 10.8. The van der Waals surface area contributed by atoms with E-state index < -0.39 is 5.60 Å². The van der Waals surface area contributed by atoms with Crippen LogP contribution in [-0.2, 0) is 0 Å². The van der Waals surface area contributed by atoms with Gasteiger partial charge in [0.25, 0.3) is 0 Å². The molecule has 1 aromatic carbocycles. The van der Waals surface area contributed by atoms with Gasteiger partial charge in [0, 0.05) is 0 Å². The summed E-state index contributed by atoms with van der Waals surface area (Å²) in [5, 5.41) is 10.3. The van der Waals surface area contributed by atoms with Gasteiger partial charge in [0.1, 0.15) is 12.4 Å². The third kappa shape index (κ3) is 3.01. The van der Waals surface area contributed by atoms with Crippen molar-refractivity contribution < 1.29 is 9.84 Å². The maximum Gasteiger partial charge on any atom is 0.122 e. The lowest BCUT2D eigenvalue weighted by atomic mass is 10.0. The number of para-hydroxylation sites is 1. The van der Waals surface area contributed by atoms with E-state index in [4.69, 9.17) is 4.74 Å². The average molecular weight is 234 g/mol. The van der Waals surface area contributed by atoms with E-state index in [1.165, 1.54) is 5.56 Å². The first kappa shape index (κ1) is 12.4. The Hall–Kier alpha value is -1.02. The summed E-state index contributed by atoms with van der Waals surface area (Å²) in [5.41, 5.74) is 0.624. The molecule has 1 N–H and O–H groups in total. The molecule has 0 radical (unpaired) electrons. The van der Waals surface area contributed by atoms with E-state index in [2.05, 4.69) is 19.9 Å². The van der Waals surface area contributed by atoms with Crippen LogP contribution in [0.3, 0.4) is 0 Å². The summed E-state index contributed by atoms with van der Waals surface area (Å²) in [6.07, 6.45) is 3.98. The van der Waals surface area contributed by atoms with Gasteiger partial charge in [-0.25, -0.2) is 0 Å². The van der Waals surface area contributed by atoms with Crippen LogP contribution in [0, 0.1) is 0 Å². The van der Waals surface area contributed by atoms with Gasteiger partial charge in [-0.2, -0.15) is 0 Å². The van der Waals surface area contributed by atoms with Crippen LogP contribution in [-0.4, -0.2) is 17.3 Å². The molecule has 1 aliphatic rings. The third-order valence-electron chi connectivity index (χ3n) is 3.57. The largest absolute Gasteiger partial charge is 0.490 e. The highest BCUT2D eigenvalue weighted by Crippen LogP contribution is 2.32. The summed E-state index contributed by atoms with van der Waals surface area (Å²) in [5.74, 6) is 1.37. The molecule has 1 saturated carbocycles. The predicted octanol–water partition coefficient (Wildman–Crippen LogP) is 3.49. The fourth-order valence-electron chi connectivity index (χ4n) is 2.48. The molecule has 0 heterocycles. The Labute approximate surface area is 104 Å². The molecule has 0 amide bonds. The van der Waals surface area contributed by atoms with Gasteiger partial charge in [-0.1, -0.05) is 44.9 Å². The normalized spacial score (nSPS) is 18.6. The number of hydrogen-bond acceptors (Lipinski definition) is 2. The van der Waals surface area contributed by atoms with Gasteiger partial charge in [0.15, 0.2) is 0 Å². The van der Waals surface area contributed by atoms with Crippen LogP contribution in [0.2, 0.25) is 0 Å². The first-order valence-corrected chi connectivity index (χ1v) is 6.55. The summed E-state index contributed by atoms with van der Waals surface area (Å²) >= 11 is 0. The van der Waals surface area contributed by atoms with Crippen molar-refractivity contribution in [1.82, 2.24) is 0 Å². The maximum atomic E-state index is 10.3. The van der Waals surface area contributed by atoms with Crippen LogP contribution in [0.5, 0.6) is 5.75 Å². The molecule has 0 unspecified atom stereocenters. The number of benzene rings is 1. The minimum Gasteiger partial charge on any atom is -0.490 e. The van der Waals surface area contributed by atoms with Crippen molar-refractivity contribution in [2.45, 2.75) is 51.0 Å². The molecule has 1 aliphatic carbocycles. The topological polar surface area (TPSA) is 29.5 Å². The lowest BCUT2D eigenvalue weighted by Gasteiger charge is -2.23. The van der Waals surface area contributed by atoms with Crippen molar-refractivity contribution in [3.63, 3.8) is 0 Å². The quantitative estimate of drug-likeness (QED) is 0.864. The van der Waals surface area contributed by atoms with Crippen molar-refractivity contribution in [2.24, 2.45) is 0 Å². The van der Waals surface area contributed by atoms with E-state index in [0.29, 0.717) is 12.5 Å². The van der Waals surface area contributed by atoms with Gasteiger partial charge in [-0.05, 0) is 30.4 Å². The number of hydrogen-bond donors (Lipinski definition) is 1. The fraction of sp³-hybridized carbons (Fsp3) is 0.600. The van der Waals surface area contributed by atoms with E-state index >= 15 is 0 Å². The standard InChI is InChI=1S/C15H22O2/c1-12(2)13-7-3-4-8-14(13)17-11-15(16)9-5-6-10-15/h3-4,7-8,12,16H,5-6,9-11H2,1-2H3. The van der Waals surface area contributed by atoms with Gasteiger partial charge in [0.2, 0.25) is 0 Å². The van der Waals surface area contributed by atoms with Gasteiger partial charge < -0.3 is 9.84 Å². The van der Waals surface area contributed by atoms with Crippen LogP contribution in [0.1, 0.15) is 51.0 Å². The second kappa shape index (κ2) is 5.09. The zero-order chi connectivity index (χ0) is 12.3. The molecule has 0 aliphatic heterocycles. The van der Waals surface area contributed by atoms with E-state index in [1.807, 2.05) is 18.2 Å². The lowest BCUT2D eigenvalue weighted by molar-refractivity contribution is 0.00107. The van der Waals surface area contributed by atoms with Crippen LogP contribution in [0.15, 0.2) is 24.3 Å². The van der Waals surface area contributed by atoms with Crippen LogP contribution < -0.4 is 4.74 Å². The lowest BCUT2D eigenvalue weighted by Crippen LogP contribution is -2.32. The summed E-state index contributed by atoms with van der Waals surface area (Å²) in [4.78, 5) is 0. The van der Waals surface area contributed by atoms with Crippen LogP contribution in [0.4, 0.5) is 0 Å². The van der Waals surface area contributed by atoms with Crippen molar-refractivity contribution in [2.75, 3.05) is 6.61 Å². The highest BCUT2D eigenvalue weighted by atomic mass is 16.5. The number of ether oxygens (including phenoxy) is 1. The molecule has 2 nitrogen and oxygen atoms in total. The molecule has 0 bridgehead atoms. The van der Waals surface area contributed by atoms with Crippen molar-refractivity contribution in [3.05, 3.63) is 29.8 Å². The number of rotatable bonds is 4. The Bertz CT molecular complexity index is 365. The van der Waals surface area contributed by atoms with E-state index in [1.54, 1.807) is 0 Å². The van der Waals surface area contributed by atoms with Crippen molar-refractivity contribution in [3.8, 4) is 5.75 Å². The van der Waals surface area contributed by atoms with Crippen LogP contribution >= 0.6 is 0 Å². The molecule has 94 valence electrons. The highest BCUT2D eigenvalue weighted by Gasteiger charge is 2.32. The van der Waals surface area contributed by atoms with Crippen molar-refractivity contribution >= 4 is 0 Å². The molecule has 1 aromatic rings. The second-order valence-electron chi connectivity index (χ2n) is 5.41. The molecule has 1 fully saturated rings. The first-order chi connectivity index (χ1) is 8.11. The van der Waals surface area contributed by atoms with Gasteiger partial charge >= 0.3 is 0 Å². The van der Waals surface area contributed by atoms with Crippen molar-refractivity contribution in [1.29, 1.82) is 0 Å². The fourth-order valence-corrected chi connectivity index (χ4v) is 2.48. The average Bonchev–Trinajstić information content (AvgIpc) is 2.74. The minimum atomic E-state index is -0.593. The van der Waals surface area contributed by atoms with Gasteiger partial charge in [-0.3, -0.25) is 0 Å². The van der Waals surface area contributed by atoms with Crippen LogP contribution in [0.25, 0.3) is 0 Å². The number of aliphatic hydroxyl groups is 1. The Morgan fingerprint density at radius 2 is 1.88 bits per heavy atom. The molecule has 0 aromatic heterocycles. The summed E-state index contributed by atoms with van der Waals surface area (Å²) in [6.45, 7) is 4.75. The molecule has 2 heteroatoms. The van der Waals surface area contributed by atoms with Gasteiger partial charge in [-0.15, -0.1) is 0 Å². The summed E-state index contributed by atoms with van der Waals surface area (Å²) in [6, 6.07) is 8.11. The molecule has 2 rings (SSSR count). The molecule has 0 atom stereocenters. The monoisotopic (exact) mass is 234 g/mol. The Morgan fingerprint density at radius 3 is 2.53 bits per heavy atom. The molecule has 0 spiro atoms. The minimum absolute atomic E-state index is 0.427. The Morgan fingerprint density at radius 1 is 1.24 bits per heavy atom. The molecule has 17 heavy (non-hydrogen) atoms. The predicted molar refractivity (Wildman–Crippen MR) is 69.4 cm³/mol. The molecule has 0 saturated heterocycles. The van der Waals surface area contributed by atoms with E-state index in [9.17, 15) is 5.11 Å². The second-order valence-corrected chi connectivity index (χ2v) is 5.41. The van der Waals surface area contributed by atoms with E-state index in [-0.39, 0.29) is 0 Å². The van der Waals surface area contributed by atoms with Gasteiger partial charge in [0.05, 0.1) is 5.60 Å². The van der Waals surface area contributed by atoms with E-state index in [0.717, 1.165) is 31.4 Å². The SMILES string of the molecule is CC(C)c1ccccc1OCC1(O)CCCC1. The summed E-state index contributed by atoms with van der Waals surface area (Å²) in [7, 11) is 0. The molecular formula is C15H22O2.